The lowest BCUT2D eigenvalue weighted by molar-refractivity contribution is -0.126. The number of nitrogens with zero attached hydrogens (tertiary/aromatic N) is 1. The van der Waals surface area contributed by atoms with Crippen molar-refractivity contribution in [1.29, 1.82) is 0 Å². The van der Waals surface area contributed by atoms with Gasteiger partial charge in [0.1, 0.15) is 0 Å². The number of nitrogens with two attached hydrogens (primary N) is 1. The summed E-state index contributed by atoms with van der Waals surface area (Å²) >= 11 is 0. The number of hydrogen-bond acceptors (Lipinski definition) is 4. The maximum absolute atomic E-state index is 11.8. The molecular formula is C12H22N4O3. The van der Waals surface area contributed by atoms with Gasteiger partial charge >= 0.3 is 6.03 Å². The molecule has 1 rings (SSSR count). The zero-order valence-electron chi connectivity index (χ0n) is 11.3. The maximum atomic E-state index is 11.8. The molecule has 0 aromatic heterocycles. The number of likely N-dealkylation sites (tertiary alicyclic amines) is 1. The molecule has 1 aliphatic heterocycles. The topological polar surface area (TPSA) is 105 Å². The van der Waals surface area contributed by atoms with Crippen molar-refractivity contribution < 1.29 is 14.4 Å². The third-order valence-corrected chi connectivity index (χ3v) is 3.14. The molecule has 0 radical (unpaired) electrons. The van der Waals surface area contributed by atoms with Gasteiger partial charge in [0, 0.05) is 12.5 Å². The summed E-state index contributed by atoms with van der Waals surface area (Å²) in [5, 5.41) is 4.92. The van der Waals surface area contributed by atoms with Crippen molar-refractivity contribution in [2.75, 3.05) is 26.2 Å². The minimum Gasteiger partial charge on any atom is -0.356 e. The van der Waals surface area contributed by atoms with Crippen LogP contribution in [0.2, 0.25) is 0 Å². The number of nitrogens with one attached hydrogen (secondary N) is 2. The third kappa shape index (κ3) is 5.69. The van der Waals surface area contributed by atoms with E-state index in [-0.39, 0.29) is 18.4 Å². The first-order valence-corrected chi connectivity index (χ1v) is 6.62. The second-order valence-electron chi connectivity index (χ2n) is 4.75. The van der Waals surface area contributed by atoms with E-state index in [1.807, 2.05) is 17.1 Å². The summed E-state index contributed by atoms with van der Waals surface area (Å²) in [5.74, 6) is -0.272. The monoisotopic (exact) mass is 270 g/mol. The Morgan fingerprint density at radius 1 is 1.26 bits per heavy atom. The standard InChI is InChI=1S/C12H22N4O3/c1-2-5-14-11(18)9-3-6-16(7-4-9)8-10(17)15-12(13)19/h9H,2-8H2,1H3,(H,14,18)(H3,13,15,17,19). The second kappa shape index (κ2) is 7.73. The molecule has 108 valence electrons. The number of rotatable bonds is 5. The highest BCUT2D eigenvalue weighted by atomic mass is 16.2. The highest BCUT2D eigenvalue weighted by molar-refractivity contribution is 5.94. The van der Waals surface area contributed by atoms with E-state index in [1.54, 1.807) is 0 Å². The van der Waals surface area contributed by atoms with Crippen molar-refractivity contribution in [2.24, 2.45) is 11.7 Å². The summed E-state index contributed by atoms with van der Waals surface area (Å²) < 4.78 is 0. The molecule has 0 atom stereocenters. The predicted octanol–water partition coefficient (Wildman–Crippen LogP) is -0.580. The van der Waals surface area contributed by atoms with E-state index < -0.39 is 11.9 Å². The van der Waals surface area contributed by atoms with Crippen molar-refractivity contribution in [3.8, 4) is 0 Å². The molecule has 1 heterocycles. The van der Waals surface area contributed by atoms with Crippen LogP contribution in [-0.2, 0) is 9.59 Å². The average molecular weight is 270 g/mol. The lowest BCUT2D eigenvalue weighted by Gasteiger charge is -2.30. The van der Waals surface area contributed by atoms with Crippen LogP contribution in [0.3, 0.4) is 0 Å². The minimum atomic E-state index is -0.834. The number of imide groups is 1. The highest BCUT2D eigenvalue weighted by Gasteiger charge is 2.25. The SMILES string of the molecule is CCCNC(=O)C1CCN(CC(=O)NC(N)=O)CC1. The van der Waals surface area contributed by atoms with Gasteiger partial charge in [0.25, 0.3) is 0 Å². The Bertz CT molecular complexity index is 338. The quantitative estimate of drug-likeness (QED) is 0.621. The number of carbonyl (C=O) groups is 3. The number of piperidine rings is 1. The summed E-state index contributed by atoms with van der Waals surface area (Å²) in [4.78, 5) is 35.5. The Labute approximate surface area is 112 Å². The van der Waals surface area contributed by atoms with Gasteiger partial charge in [-0.1, -0.05) is 6.92 Å². The molecule has 0 aromatic rings. The largest absolute Gasteiger partial charge is 0.356 e. The van der Waals surface area contributed by atoms with Gasteiger partial charge < -0.3 is 11.1 Å². The van der Waals surface area contributed by atoms with Crippen molar-refractivity contribution in [1.82, 2.24) is 15.5 Å². The first-order valence-electron chi connectivity index (χ1n) is 6.62. The Morgan fingerprint density at radius 3 is 2.42 bits per heavy atom. The first-order chi connectivity index (χ1) is 9.02. The van der Waals surface area contributed by atoms with Gasteiger partial charge in [-0.05, 0) is 32.4 Å². The lowest BCUT2D eigenvalue weighted by atomic mass is 9.96. The molecule has 4 N–H and O–H groups in total. The summed E-state index contributed by atoms with van der Waals surface area (Å²) in [6.45, 7) is 4.22. The van der Waals surface area contributed by atoms with Gasteiger partial charge in [0.2, 0.25) is 11.8 Å². The molecule has 7 nitrogen and oxygen atoms in total. The molecule has 0 aromatic carbocycles. The molecule has 0 spiro atoms. The van der Waals surface area contributed by atoms with E-state index in [0.717, 1.165) is 19.3 Å². The fraction of sp³-hybridized carbons (Fsp3) is 0.750. The van der Waals surface area contributed by atoms with Crippen LogP contribution in [0.4, 0.5) is 4.79 Å². The van der Waals surface area contributed by atoms with Crippen molar-refractivity contribution in [3.05, 3.63) is 0 Å². The summed E-state index contributed by atoms with van der Waals surface area (Å²) in [7, 11) is 0. The first kappa shape index (κ1) is 15.4. The number of carbonyl (C=O) groups excluding carboxylic acids is 3. The van der Waals surface area contributed by atoms with Gasteiger partial charge in [0.15, 0.2) is 0 Å². The second-order valence-corrected chi connectivity index (χ2v) is 4.75. The van der Waals surface area contributed by atoms with Crippen molar-refractivity contribution in [2.45, 2.75) is 26.2 Å². The molecular weight excluding hydrogens is 248 g/mol. The molecule has 1 saturated heterocycles. The smallest absolute Gasteiger partial charge is 0.318 e. The van der Waals surface area contributed by atoms with Crippen molar-refractivity contribution in [3.63, 3.8) is 0 Å². The van der Waals surface area contributed by atoms with Crippen LogP contribution in [-0.4, -0.2) is 48.9 Å². The van der Waals surface area contributed by atoms with E-state index in [1.165, 1.54) is 0 Å². The van der Waals surface area contributed by atoms with E-state index in [4.69, 9.17) is 5.73 Å². The average Bonchev–Trinajstić information content (AvgIpc) is 2.35. The van der Waals surface area contributed by atoms with E-state index in [9.17, 15) is 14.4 Å². The number of urea groups is 1. The molecule has 0 saturated carbocycles. The molecule has 0 aliphatic carbocycles. The zero-order valence-corrected chi connectivity index (χ0v) is 11.3. The van der Waals surface area contributed by atoms with Gasteiger partial charge in [-0.2, -0.15) is 0 Å². The molecule has 0 bridgehead atoms. The van der Waals surface area contributed by atoms with Crippen LogP contribution < -0.4 is 16.4 Å². The lowest BCUT2D eigenvalue weighted by Crippen LogP contribution is -2.46. The zero-order chi connectivity index (χ0) is 14.3. The summed E-state index contributed by atoms with van der Waals surface area (Å²) in [5.41, 5.74) is 4.86. The van der Waals surface area contributed by atoms with Gasteiger partial charge in [-0.25, -0.2) is 4.79 Å². The van der Waals surface area contributed by atoms with Crippen LogP contribution in [0.25, 0.3) is 0 Å². The fourth-order valence-electron chi connectivity index (χ4n) is 2.13. The predicted molar refractivity (Wildman–Crippen MR) is 70.2 cm³/mol. The highest BCUT2D eigenvalue weighted by Crippen LogP contribution is 2.16. The minimum absolute atomic E-state index is 0.0296. The Balaban J connectivity index is 2.26. The Kier molecular flexibility index (Phi) is 6.27. The Hall–Kier alpha value is -1.63. The van der Waals surface area contributed by atoms with Crippen molar-refractivity contribution >= 4 is 17.8 Å². The van der Waals surface area contributed by atoms with Crippen LogP contribution in [0.15, 0.2) is 0 Å². The van der Waals surface area contributed by atoms with E-state index in [0.29, 0.717) is 19.6 Å². The number of primary amides is 1. The van der Waals surface area contributed by atoms with Gasteiger partial charge in [-0.3, -0.25) is 19.8 Å². The van der Waals surface area contributed by atoms with Crippen LogP contribution in [0.1, 0.15) is 26.2 Å². The van der Waals surface area contributed by atoms with Crippen LogP contribution in [0, 0.1) is 5.92 Å². The maximum Gasteiger partial charge on any atom is 0.318 e. The molecule has 19 heavy (non-hydrogen) atoms. The number of amides is 4. The number of hydrogen-bond donors (Lipinski definition) is 3. The van der Waals surface area contributed by atoms with E-state index >= 15 is 0 Å². The van der Waals surface area contributed by atoms with Gasteiger partial charge in [0.05, 0.1) is 6.54 Å². The van der Waals surface area contributed by atoms with Crippen LogP contribution in [0.5, 0.6) is 0 Å². The van der Waals surface area contributed by atoms with Gasteiger partial charge in [-0.15, -0.1) is 0 Å². The van der Waals surface area contributed by atoms with Crippen LogP contribution >= 0.6 is 0 Å². The molecule has 1 aliphatic rings. The molecule has 0 unspecified atom stereocenters. The molecule has 1 fully saturated rings. The normalized spacial score (nSPS) is 16.9. The summed E-state index contributed by atoms with van der Waals surface area (Å²) in [6.07, 6.45) is 2.40. The summed E-state index contributed by atoms with van der Waals surface area (Å²) in [6, 6.07) is -0.834. The van der Waals surface area contributed by atoms with E-state index in [2.05, 4.69) is 5.32 Å². The molecule has 7 heteroatoms. The Morgan fingerprint density at radius 2 is 1.89 bits per heavy atom. The molecule has 4 amide bonds. The fourth-order valence-corrected chi connectivity index (χ4v) is 2.13. The third-order valence-electron chi connectivity index (χ3n) is 3.14.